The highest BCUT2D eigenvalue weighted by molar-refractivity contribution is 5.80. The maximum atomic E-state index is 12.0. The molecule has 1 aliphatic heterocycles. The lowest BCUT2D eigenvalue weighted by Gasteiger charge is -2.24. The highest BCUT2D eigenvalue weighted by Crippen LogP contribution is 2.25. The van der Waals surface area contributed by atoms with Gasteiger partial charge in [0.2, 0.25) is 5.91 Å². The van der Waals surface area contributed by atoms with Gasteiger partial charge in [-0.3, -0.25) is 10.1 Å². The Hall–Kier alpha value is -1.69. The molecule has 19 heavy (non-hydrogen) atoms. The van der Waals surface area contributed by atoms with Gasteiger partial charge in [-0.05, 0) is 24.1 Å². The maximum Gasteiger partial charge on any atom is 0.387 e. The van der Waals surface area contributed by atoms with Crippen LogP contribution in [0.3, 0.4) is 0 Å². The number of benzene rings is 1. The van der Waals surface area contributed by atoms with E-state index >= 15 is 0 Å². The number of ether oxygens (including phenoxy) is 1. The van der Waals surface area contributed by atoms with Crippen LogP contribution < -0.4 is 10.1 Å². The van der Waals surface area contributed by atoms with E-state index in [-0.39, 0.29) is 17.8 Å². The summed E-state index contributed by atoms with van der Waals surface area (Å²) < 4.78 is 28.4. The smallest absolute Gasteiger partial charge is 0.387 e. The van der Waals surface area contributed by atoms with Crippen LogP contribution in [0.15, 0.2) is 24.3 Å². The largest absolute Gasteiger partial charge is 0.435 e. The first kappa shape index (κ1) is 13.7. The average molecular weight is 270 g/mol. The van der Waals surface area contributed by atoms with E-state index in [2.05, 4.69) is 10.1 Å². The van der Waals surface area contributed by atoms with Crippen molar-refractivity contribution in [3.8, 4) is 5.75 Å². The Labute approximate surface area is 110 Å². The summed E-state index contributed by atoms with van der Waals surface area (Å²) in [5.41, 5.74) is 0.862. The van der Waals surface area contributed by atoms with Crippen LogP contribution >= 0.6 is 0 Å². The molecular formula is C13H16F2N2O2. The number of carbonyl (C=O) groups excluding carboxylic acids is 1. The van der Waals surface area contributed by atoms with E-state index in [1.807, 2.05) is 6.92 Å². The molecule has 0 aliphatic carbocycles. The summed E-state index contributed by atoms with van der Waals surface area (Å²) in [6, 6.07) is 6.35. The Kier molecular flexibility index (Phi) is 4.31. The Morgan fingerprint density at radius 2 is 2.11 bits per heavy atom. The third kappa shape index (κ3) is 3.20. The van der Waals surface area contributed by atoms with Gasteiger partial charge in [0.1, 0.15) is 11.9 Å². The number of hydrogen-bond acceptors (Lipinski definition) is 3. The quantitative estimate of drug-likeness (QED) is 0.891. The van der Waals surface area contributed by atoms with Gasteiger partial charge in [0.05, 0.1) is 6.54 Å². The molecule has 1 aromatic carbocycles. The second-order valence-corrected chi connectivity index (χ2v) is 4.32. The monoisotopic (exact) mass is 270 g/mol. The van der Waals surface area contributed by atoms with Crippen molar-refractivity contribution in [2.45, 2.75) is 26.1 Å². The van der Waals surface area contributed by atoms with Crippen LogP contribution in [0.4, 0.5) is 8.78 Å². The summed E-state index contributed by atoms with van der Waals surface area (Å²) in [4.78, 5) is 13.5. The van der Waals surface area contributed by atoms with Gasteiger partial charge in [-0.25, -0.2) is 0 Å². The second-order valence-electron chi connectivity index (χ2n) is 4.32. The molecule has 1 unspecified atom stereocenters. The number of nitrogens with zero attached hydrogens (tertiary/aromatic N) is 1. The van der Waals surface area contributed by atoms with E-state index in [1.165, 1.54) is 12.1 Å². The summed E-state index contributed by atoms with van der Waals surface area (Å²) in [6.07, 6.45) is 0.685. The number of halogens is 2. The number of amides is 1. The van der Waals surface area contributed by atoms with Crippen LogP contribution in [0.1, 0.15) is 25.1 Å². The Morgan fingerprint density at radius 3 is 2.68 bits per heavy atom. The third-order valence-corrected chi connectivity index (χ3v) is 2.96. The van der Waals surface area contributed by atoms with Crippen molar-refractivity contribution >= 4 is 5.91 Å². The van der Waals surface area contributed by atoms with Gasteiger partial charge in [0, 0.05) is 6.54 Å². The maximum absolute atomic E-state index is 12.0. The lowest BCUT2D eigenvalue weighted by Crippen LogP contribution is -2.30. The molecule has 0 bridgehead atoms. The molecular weight excluding hydrogens is 254 g/mol. The minimum atomic E-state index is -2.83. The molecule has 6 heteroatoms. The minimum Gasteiger partial charge on any atom is -0.435 e. The predicted octanol–water partition coefficient (Wildman–Crippen LogP) is 2.13. The molecule has 1 aromatic rings. The van der Waals surface area contributed by atoms with Gasteiger partial charge in [0.15, 0.2) is 0 Å². The molecule has 0 aromatic heterocycles. The number of carbonyl (C=O) groups is 1. The van der Waals surface area contributed by atoms with E-state index < -0.39 is 6.61 Å². The van der Waals surface area contributed by atoms with Crippen LogP contribution in [0.2, 0.25) is 0 Å². The molecule has 0 radical (unpaired) electrons. The zero-order valence-electron chi connectivity index (χ0n) is 10.6. The molecule has 1 aliphatic rings. The first-order valence-corrected chi connectivity index (χ1v) is 6.19. The number of hydrogen-bond donors (Lipinski definition) is 1. The summed E-state index contributed by atoms with van der Waals surface area (Å²) >= 11 is 0. The summed E-state index contributed by atoms with van der Waals surface area (Å²) in [5.74, 6) is 0.171. The molecule has 0 spiro atoms. The Bertz CT molecular complexity index is 437. The van der Waals surface area contributed by atoms with E-state index in [1.54, 1.807) is 17.0 Å². The van der Waals surface area contributed by atoms with Crippen molar-refractivity contribution in [3.05, 3.63) is 29.8 Å². The summed E-state index contributed by atoms with van der Waals surface area (Å²) in [6.45, 7) is 0.155. The molecule has 2 rings (SSSR count). The van der Waals surface area contributed by atoms with Crippen LogP contribution in [0, 0.1) is 0 Å². The fourth-order valence-corrected chi connectivity index (χ4v) is 2.16. The molecule has 0 saturated carbocycles. The molecule has 4 nitrogen and oxygen atoms in total. The Balaban J connectivity index is 2.10. The zero-order valence-corrected chi connectivity index (χ0v) is 10.6. The fraction of sp³-hybridized carbons (Fsp3) is 0.462. The first-order chi connectivity index (χ1) is 9.11. The van der Waals surface area contributed by atoms with Crippen molar-refractivity contribution in [2.24, 2.45) is 0 Å². The molecule has 1 atom stereocenters. The molecule has 1 heterocycles. The fourth-order valence-electron chi connectivity index (χ4n) is 2.16. The van der Waals surface area contributed by atoms with E-state index in [0.29, 0.717) is 13.1 Å². The van der Waals surface area contributed by atoms with E-state index in [0.717, 1.165) is 12.0 Å². The summed E-state index contributed by atoms with van der Waals surface area (Å²) in [7, 11) is 0. The van der Waals surface area contributed by atoms with Gasteiger partial charge in [-0.15, -0.1) is 0 Å². The molecule has 1 saturated heterocycles. The lowest BCUT2D eigenvalue weighted by atomic mass is 10.1. The molecule has 1 fully saturated rings. The van der Waals surface area contributed by atoms with Gasteiger partial charge in [-0.2, -0.15) is 8.78 Å². The number of alkyl halides is 2. The van der Waals surface area contributed by atoms with Crippen LogP contribution in [0.25, 0.3) is 0 Å². The normalized spacial score (nSPS) is 19.3. The molecule has 1 N–H and O–H groups in total. The van der Waals surface area contributed by atoms with Crippen molar-refractivity contribution in [2.75, 3.05) is 13.1 Å². The van der Waals surface area contributed by atoms with Crippen LogP contribution in [0.5, 0.6) is 5.75 Å². The number of nitrogens with one attached hydrogen (secondary N) is 1. The summed E-state index contributed by atoms with van der Waals surface area (Å²) in [5, 5.41) is 3.11. The van der Waals surface area contributed by atoms with E-state index in [4.69, 9.17) is 0 Å². The topological polar surface area (TPSA) is 41.6 Å². The Morgan fingerprint density at radius 1 is 1.42 bits per heavy atom. The predicted molar refractivity (Wildman–Crippen MR) is 65.8 cm³/mol. The third-order valence-electron chi connectivity index (χ3n) is 2.96. The van der Waals surface area contributed by atoms with Gasteiger partial charge in [0.25, 0.3) is 0 Å². The van der Waals surface area contributed by atoms with Gasteiger partial charge >= 0.3 is 6.61 Å². The first-order valence-electron chi connectivity index (χ1n) is 6.19. The average Bonchev–Trinajstić information content (AvgIpc) is 2.72. The standard InChI is InChI=1S/C13H16F2N2O2/c1-2-7-17-11(18)8-16-12(17)9-3-5-10(6-4-9)19-13(14)15/h3-6,12-13,16H,2,7-8H2,1H3. The lowest BCUT2D eigenvalue weighted by molar-refractivity contribution is -0.128. The highest BCUT2D eigenvalue weighted by atomic mass is 19.3. The van der Waals surface area contributed by atoms with Crippen molar-refractivity contribution < 1.29 is 18.3 Å². The van der Waals surface area contributed by atoms with Crippen LogP contribution in [-0.4, -0.2) is 30.5 Å². The van der Waals surface area contributed by atoms with Crippen molar-refractivity contribution in [1.82, 2.24) is 10.2 Å². The van der Waals surface area contributed by atoms with Crippen molar-refractivity contribution in [1.29, 1.82) is 0 Å². The zero-order chi connectivity index (χ0) is 13.8. The highest BCUT2D eigenvalue weighted by Gasteiger charge is 2.30. The minimum absolute atomic E-state index is 0.0553. The van der Waals surface area contributed by atoms with E-state index in [9.17, 15) is 13.6 Å². The van der Waals surface area contributed by atoms with Gasteiger partial charge in [-0.1, -0.05) is 19.1 Å². The molecule has 1 amide bonds. The number of rotatable bonds is 5. The second kappa shape index (κ2) is 5.97. The van der Waals surface area contributed by atoms with Gasteiger partial charge < -0.3 is 9.64 Å². The van der Waals surface area contributed by atoms with Crippen LogP contribution in [-0.2, 0) is 4.79 Å². The van der Waals surface area contributed by atoms with Crippen molar-refractivity contribution in [3.63, 3.8) is 0 Å². The SMILES string of the molecule is CCCN1C(=O)CNC1c1ccc(OC(F)F)cc1. The molecule has 104 valence electrons.